The van der Waals surface area contributed by atoms with Gasteiger partial charge in [0.25, 0.3) is 0 Å². The lowest BCUT2D eigenvalue weighted by atomic mass is 10.1. The van der Waals surface area contributed by atoms with Crippen LogP contribution in [-0.4, -0.2) is 25.7 Å². The van der Waals surface area contributed by atoms with Crippen LogP contribution in [0.3, 0.4) is 0 Å². The zero-order chi connectivity index (χ0) is 13.5. The molecular weight excluding hydrogens is 228 g/mol. The number of anilines is 1. The highest BCUT2D eigenvalue weighted by Crippen LogP contribution is 2.15. The first kappa shape index (κ1) is 14.7. The summed E-state index contributed by atoms with van der Waals surface area (Å²) in [6, 6.07) is 5.38. The number of nitrogens with one attached hydrogen (secondary N) is 1. The fourth-order valence-electron chi connectivity index (χ4n) is 1.78. The third-order valence-corrected chi connectivity index (χ3v) is 2.96. The van der Waals surface area contributed by atoms with Gasteiger partial charge in [-0.05, 0) is 43.0 Å². The van der Waals surface area contributed by atoms with Crippen molar-refractivity contribution in [1.29, 1.82) is 0 Å². The number of hydrogen-bond acceptors (Lipinski definition) is 3. The minimum Gasteiger partial charge on any atom is -0.385 e. The minimum absolute atomic E-state index is 0.171. The molecule has 0 bridgehead atoms. The first-order valence-electron chi connectivity index (χ1n) is 6.23. The highest BCUT2D eigenvalue weighted by Gasteiger charge is 2.13. The maximum atomic E-state index is 11.8. The molecule has 0 saturated carbocycles. The number of carbonyl (C=O) groups is 1. The van der Waals surface area contributed by atoms with Crippen molar-refractivity contribution in [3.05, 3.63) is 29.3 Å². The Balaban J connectivity index is 2.61. The van der Waals surface area contributed by atoms with Crippen molar-refractivity contribution in [3.8, 4) is 0 Å². The van der Waals surface area contributed by atoms with Crippen LogP contribution >= 0.6 is 0 Å². The summed E-state index contributed by atoms with van der Waals surface area (Å²) < 4.78 is 4.90. The Morgan fingerprint density at radius 1 is 1.50 bits per heavy atom. The second-order valence-electron chi connectivity index (χ2n) is 4.37. The van der Waals surface area contributed by atoms with E-state index in [2.05, 4.69) is 12.2 Å². The van der Waals surface area contributed by atoms with Crippen LogP contribution in [0.1, 0.15) is 24.5 Å². The van der Waals surface area contributed by atoms with Gasteiger partial charge in [-0.15, -0.1) is 0 Å². The highest BCUT2D eigenvalue weighted by atomic mass is 16.5. The maximum absolute atomic E-state index is 11.8. The first-order chi connectivity index (χ1) is 8.58. The molecule has 4 heteroatoms. The van der Waals surface area contributed by atoms with E-state index in [0.29, 0.717) is 13.0 Å². The van der Waals surface area contributed by atoms with Gasteiger partial charge in [-0.3, -0.25) is 4.79 Å². The van der Waals surface area contributed by atoms with Crippen molar-refractivity contribution >= 4 is 11.6 Å². The lowest BCUT2D eigenvalue weighted by Gasteiger charge is -2.13. The van der Waals surface area contributed by atoms with Crippen LogP contribution < -0.4 is 11.1 Å². The molecule has 1 aromatic rings. The lowest BCUT2D eigenvalue weighted by Crippen LogP contribution is -2.36. The van der Waals surface area contributed by atoms with E-state index in [4.69, 9.17) is 10.5 Å². The molecular formula is C14H22N2O2. The van der Waals surface area contributed by atoms with Crippen molar-refractivity contribution in [2.75, 3.05) is 19.0 Å². The average Bonchev–Trinajstić information content (AvgIpc) is 2.36. The smallest absolute Gasteiger partial charge is 0.241 e. The number of hydrogen-bond donors (Lipinski definition) is 2. The molecule has 100 valence electrons. The van der Waals surface area contributed by atoms with Gasteiger partial charge in [0.05, 0.1) is 6.04 Å². The van der Waals surface area contributed by atoms with E-state index >= 15 is 0 Å². The van der Waals surface area contributed by atoms with E-state index in [1.54, 1.807) is 7.11 Å². The molecule has 0 aliphatic carbocycles. The number of ether oxygens (including phenoxy) is 1. The topological polar surface area (TPSA) is 64.4 Å². The zero-order valence-corrected chi connectivity index (χ0v) is 11.3. The molecule has 1 unspecified atom stereocenters. The summed E-state index contributed by atoms with van der Waals surface area (Å²) >= 11 is 0. The molecule has 0 spiro atoms. The molecule has 0 heterocycles. The van der Waals surface area contributed by atoms with E-state index in [9.17, 15) is 4.79 Å². The standard InChI is InChI=1S/C14H22N2O2/c1-4-11-5-6-12(9-10(11)2)16-14(17)13(15)7-8-18-3/h5-6,9,13H,4,7-8,15H2,1-3H3,(H,16,17). The van der Waals surface area contributed by atoms with Crippen LogP contribution in [0.2, 0.25) is 0 Å². The van der Waals surface area contributed by atoms with E-state index in [1.165, 1.54) is 11.1 Å². The monoisotopic (exact) mass is 250 g/mol. The van der Waals surface area contributed by atoms with Crippen LogP contribution in [0, 0.1) is 6.92 Å². The van der Waals surface area contributed by atoms with Crippen molar-refractivity contribution in [3.63, 3.8) is 0 Å². The van der Waals surface area contributed by atoms with Crippen LogP contribution in [0.25, 0.3) is 0 Å². The number of benzene rings is 1. The lowest BCUT2D eigenvalue weighted by molar-refractivity contribution is -0.117. The Bertz CT molecular complexity index is 405. The SMILES string of the molecule is CCc1ccc(NC(=O)C(N)CCOC)cc1C. The normalized spacial score (nSPS) is 12.2. The number of methoxy groups -OCH3 is 1. The predicted octanol–water partition coefficient (Wildman–Crippen LogP) is 1.86. The number of aryl methyl sites for hydroxylation is 2. The summed E-state index contributed by atoms with van der Waals surface area (Å²) in [5.41, 5.74) is 9.02. The Labute approximate surface area is 109 Å². The van der Waals surface area contributed by atoms with Crippen LogP contribution in [-0.2, 0) is 16.0 Å². The molecule has 0 aliphatic heterocycles. The molecule has 1 aromatic carbocycles. The Hall–Kier alpha value is -1.39. The van der Waals surface area contributed by atoms with Crippen molar-refractivity contribution in [2.45, 2.75) is 32.7 Å². The molecule has 0 aliphatic rings. The van der Waals surface area contributed by atoms with Gasteiger partial charge in [-0.2, -0.15) is 0 Å². The number of amides is 1. The van der Waals surface area contributed by atoms with Crippen molar-refractivity contribution in [2.24, 2.45) is 5.73 Å². The fraction of sp³-hybridized carbons (Fsp3) is 0.500. The summed E-state index contributed by atoms with van der Waals surface area (Å²) in [7, 11) is 1.59. The molecule has 3 N–H and O–H groups in total. The number of rotatable bonds is 6. The molecule has 4 nitrogen and oxygen atoms in total. The van der Waals surface area contributed by atoms with Gasteiger partial charge in [-0.1, -0.05) is 13.0 Å². The van der Waals surface area contributed by atoms with E-state index in [-0.39, 0.29) is 5.91 Å². The molecule has 0 radical (unpaired) electrons. The molecule has 1 rings (SSSR count). The largest absolute Gasteiger partial charge is 0.385 e. The molecule has 1 atom stereocenters. The van der Waals surface area contributed by atoms with Gasteiger partial charge in [0.15, 0.2) is 0 Å². The fourth-order valence-corrected chi connectivity index (χ4v) is 1.78. The number of nitrogens with two attached hydrogens (primary N) is 1. The van der Waals surface area contributed by atoms with Crippen LogP contribution in [0.4, 0.5) is 5.69 Å². The van der Waals surface area contributed by atoms with Gasteiger partial charge >= 0.3 is 0 Å². The summed E-state index contributed by atoms with van der Waals surface area (Å²) in [6.07, 6.45) is 1.52. The van der Waals surface area contributed by atoms with Gasteiger partial charge in [0.1, 0.15) is 0 Å². The quantitative estimate of drug-likeness (QED) is 0.810. The highest BCUT2D eigenvalue weighted by molar-refractivity contribution is 5.94. The summed E-state index contributed by atoms with van der Waals surface area (Å²) in [5, 5.41) is 2.82. The van der Waals surface area contributed by atoms with E-state index in [1.807, 2.05) is 25.1 Å². The first-order valence-corrected chi connectivity index (χ1v) is 6.23. The van der Waals surface area contributed by atoms with E-state index < -0.39 is 6.04 Å². The molecule has 0 fully saturated rings. The second kappa shape index (κ2) is 7.13. The average molecular weight is 250 g/mol. The number of carbonyl (C=O) groups excluding carboxylic acids is 1. The van der Waals surface area contributed by atoms with Gasteiger partial charge < -0.3 is 15.8 Å². The van der Waals surface area contributed by atoms with Gasteiger partial charge in [-0.25, -0.2) is 0 Å². The zero-order valence-electron chi connectivity index (χ0n) is 11.3. The Kier molecular flexibility index (Phi) is 5.82. The summed E-state index contributed by atoms with van der Waals surface area (Å²) in [5.74, 6) is -0.171. The van der Waals surface area contributed by atoms with E-state index in [0.717, 1.165) is 12.1 Å². The minimum atomic E-state index is -0.531. The Morgan fingerprint density at radius 2 is 2.22 bits per heavy atom. The maximum Gasteiger partial charge on any atom is 0.241 e. The molecule has 0 aromatic heterocycles. The van der Waals surface area contributed by atoms with Gasteiger partial charge in [0.2, 0.25) is 5.91 Å². The van der Waals surface area contributed by atoms with Crippen molar-refractivity contribution in [1.82, 2.24) is 0 Å². The summed E-state index contributed by atoms with van der Waals surface area (Å²) in [6.45, 7) is 4.64. The Morgan fingerprint density at radius 3 is 2.78 bits per heavy atom. The van der Waals surface area contributed by atoms with Crippen LogP contribution in [0.5, 0.6) is 0 Å². The second-order valence-corrected chi connectivity index (χ2v) is 4.37. The molecule has 1 amide bonds. The third-order valence-electron chi connectivity index (χ3n) is 2.96. The summed E-state index contributed by atoms with van der Waals surface area (Å²) in [4.78, 5) is 11.8. The van der Waals surface area contributed by atoms with Gasteiger partial charge in [0, 0.05) is 19.4 Å². The third kappa shape index (κ3) is 4.13. The van der Waals surface area contributed by atoms with Crippen molar-refractivity contribution < 1.29 is 9.53 Å². The molecule has 18 heavy (non-hydrogen) atoms. The molecule has 0 saturated heterocycles. The van der Waals surface area contributed by atoms with Crippen LogP contribution in [0.15, 0.2) is 18.2 Å². The predicted molar refractivity (Wildman–Crippen MR) is 73.7 cm³/mol.